The summed E-state index contributed by atoms with van der Waals surface area (Å²) in [5.41, 5.74) is 0.805. The molecular weight excluding hydrogens is 284 g/mol. The molecule has 0 radical (unpaired) electrons. The molecule has 1 aromatic rings. The van der Waals surface area contributed by atoms with Crippen LogP contribution in [0.25, 0.3) is 0 Å². The third-order valence-corrected chi connectivity index (χ3v) is 2.78. The number of carbonyl (C=O) groups excluding carboxylic acids is 2. The van der Waals surface area contributed by atoms with Crippen LogP contribution in [0.15, 0.2) is 24.5 Å². The summed E-state index contributed by atoms with van der Waals surface area (Å²) in [5.74, 6) is -0.186. The molecule has 22 heavy (non-hydrogen) atoms. The van der Waals surface area contributed by atoms with Crippen molar-refractivity contribution in [2.24, 2.45) is 5.92 Å². The maximum atomic E-state index is 11.9. The van der Waals surface area contributed by atoms with E-state index in [1.807, 2.05) is 19.9 Å². The molecule has 2 amide bonds. The predicted octanol–water partition coefficient (Wildman–Crippen LogP) is 1.36. The number of hydrogen-bond donors (Lipinski definition) is 2. The number of pyridine rings is 1. The van der Waals surface area contributed by atoms with Gasteiger partial charge in [-0.2, -0.15) is 5.26 Å². The number of nitrogens with one attached hydrogen (secondary N) is 2. The third-order valence-electron chi connectivity index (χ3n) is 2.78. The van der Waals surface area contributed by atoms with Crippen LogP contribution in [0, 0.1) is 17.2 Å². The Kier molecular flexibility index (Phi) is 7.40. The molecule has 1 unspecified atom stereocenters. The van der Waals surface area contributed by atoms with Crippen LogP contribution in [0.3, 0.4) is 0 Å². The van der Waals surface area contributed by atoms with Crippen LogP contribution in [-0.2, 0) is 16.1 Å². The van der Waals surface area contributed by atoms with Crippen LogP contribution in [0.1, 0.15) is 25.8 Å². The van der Waals surface area contributed by atoms with Gasteiger partial charge < -0.3 is 15.4 Å². The fourth-order valence-electron chi connectivity index (χ4n) is 1.76. The van der Waals surface area contributed by atoms with Gasteiger partial charge in [0.15, 0.2) is 0 Å². The van der Waals surface area contributed by atoms with Gasteiger partial charge in [-0.1, -0.05) is 13.8 Å². The predicted molar refractivity (Wildman–Crippen MR) is 79.4 cm³/mol. The van der Waals surface area contributed by atoms with Crippen LogP contribution in [0.4, 0.5) is 4.79 Å². The third kappa shape index (κ3) is 6.70. The second-order valence-electron chi connectivity index (χ2n) is 5.13. The van der Waals surface area contributed by atoms with Crippen LogP contribution in [0.5, 0.6) is 0 Å². The highest BCUT2D eigenvalue weighted by Crippen LogP contribution is 2.06. The number of carbonyl (C=O) groups is 2. The van der Waals surface area contributed by atoms with Crippen molar-refractivity contribution in [3.63, 3.8) is 0 Å². The fourth-order valence-corrected chi connectivity index (χ4v) is 1.76. The summed E-state index contributed by atoms with van der Waals surface area (Å²) >= 11 is 0. The number of ether oxygens (including phenoxy) is 1. The molecule has 1 aromatic heterocycles. The molecule has 0 aliphatic carbocycles. The lowest BCUT2D eigenvalue weighted by atomic mass is 10.0. The molecule has 0 aromatic carbocycles. The molecule has 0 spiro atoms. The number of hydrogen-bond acceptors (Lipinski definition) is 5. The van der Waals surface area contributed by atoms with Gasteiger partial charge in [0.2, 0.25) is 5.91 Å². The molecule has 0 saturated heterocycles. The van der Waals surface area contributed by atoms with Crippen molar-refractivity contribution in [3.05, 3.63) is 30.1 Å². The molecule has 0 aliphatic rings. The first-order valence-corrected chi connectivity index (χ1v) is 6.99. The van der Waals surface area contributed by atoms with Crippen molar-refractivity contribution in [1.29, 1.82) is 5.26 Å². The summed E-state index contributed by atoms with van der Waals surface area (Å²) in [4.78, 5) is 27.6. The van der Waals surface area contributed by atoms with Gasteiger partial charge in [-0.25, -0.2) is 4.79 Å². The molecular formula is C15H20N4O3. The molecule has 118 valence electrons. The minimum Gasteiger partial charge on any atom is -0.445 e. The first kappa shape index (κ1) is 17.4. The van der Waals surface area contributed by atoms with Crippen molar-refractivity contribution < 1.29 is 14.3 Å². The molecule has 2 N–H and O–H groups in total. The van der Waals surface area contributed by atoms with E-state index >= 15 is 0 Å². The van der Waals surface area contributed by atoms with Crippen molar-refractivity contribution in [2.75, 3.05) is 6.54 Å². The van der Waals surface area contributed by atoms with E-state index in [1.54, 1.807) is 24.5 Å². The van der Waals surface area contributed by atoms with E-state index in [1.165, 1.54) is 0 Å². The van der Waals surface area contributed by atoms with Gasteiger partial charge >= 0.3 is 6.09 Å². The van der Waals surface area contributed by atoms with Gasteiger partial charge in [-0.3, -0.25) is 9.78 Å². The zero-order chi connectivity index (χ0) is 16.4. The fraction of sp³-hybridized carbons (Fsp3) is 0.467. The summed E-state index contributed by atoms with van der Waals surface area (Å²) < 4.78 is 5.07. The Balaban J connectivity index is 2.51. The van der Waals surface area contributed by atoms with E-state index in [0.717, 1.165) is 5.56 Å². The zero-order valence-electron chi connectivity index (χ0n) is 12.7. The van der Waals surface area contributed by atoms with Crippen molar-refractivity contribution in [1.82, 2.24) is 15.6 Å². The zero-order valence-corrected chi connectivity index (χ0v) is 12.7. The summed E-state index contributed by atoms with van der Waals surface area (Å²) in [6, 6.07) is 4.57. The molecule has 1 rings (SSSR count). The van der Waals surface area contributed by atoms with E-state index in [9.17, 15) is 9.59 Å². The highest BCUT2D eigenvalue weighted by molar-refractivity contribution is 5.85. The quantitative estimate of drug-likeness (QED) is 0.740. The Morgan fingerprint density at radius 1 is 1.36 bits per heavy atom. The van der Waals surface area contributed by atoms with E-state index in [2.05, 4.69) is 15.6 Å². The van der Waals surface area contributed by atoms with Gasteiger partial charge in [-0.05, 0) is 30.0 Å². The van der Waals surface area contributed by atoms with Crippen LogP contribution in [-0.4, -0.2) is 29.6 Å². The molecule has 0 saturated carbocycles. The molecule has 0 bridgehead atoms. The second kappa shape index (κ2) is 9.34. The lowest BCUT2D eigenvalue weighted by molar-refractivity contribution is -0.123. The van der Waals surface area contributed by atoms with E-state index in [0.29, 0.717) is 6.42 Å². The number of alkyl carbamates (subject to hydrolysis) is 1. The molecule has 0 aliphatic heterocycles. The Morgan fingerprint density at radius 3 is 2.64 bits per heavy atom. The number of rotatable bonds is 7. The highest BCUT2D eigenvalue weighted by atomic mass is 16.5. The van der Waals surface area contributed by atoms with Crippen molar-refractivity contribution in [3.8, 4) is 6.07 Å². The lowest BCUT2D eigenvalue weighted by Crippen LogP contribution is -2.47. The second-order valence-corrected chi connectivity index (χ2v) is 5.13. The Bertz CT molecular complexity index is 525. The molecule has 7 heteroatoms. The van der Waals surface area contributed by atoms with E-state index < -0.39 is 18.0 Å². The SMILES string of the molecule is CC(C)CC(NC(=O)OCc1ccncc1)C(=O)NCC#N. The highest BCUT2D eigenvalue weighted by Gasteiger charge is 2.22. The standard InChI is InChI=1S/C15H20N4O3/c1-11(2)9-13(14(20)18-8-5-16)19-15(21)22-10-12-3-6-17-7-4-12/h3-4,6-7,11,13H,8-10H2,1-2H3,(H,18,20)(H,19,21). The first-order valence-electron chi connectivity index (χ1n) is 6.99. The van der Waals surface area contributed by atoms with E-state index in [4.69, 9.17) is 10.00 Å². The molecule has 1 heterocycles. The minimum absolute atomic E-state index is 0.0961. The summed E-state index contributed by atoms with van der Waals surface area (Å²) in [6.45, 7) is 3.88. The minimum atomic E-state index is -0.724. The Hall–Kier alpha value is -2.62. The molecule has 1 atom stereocenters. The lowest BCUT2D eigenvalue weighted by Gasteiger charge is -2.19. The van der Waals surface area contributed by atoms with E-state index in [-0.39, 0.29) is 19.1 Å². The van der Waals surface area contributed by atoms with Gasteiger partial charge in [0.05, 0.1) is 6.07 Å². The Morgan fingerprint density at radius 2 is 2.05 bits per heavy atom. The van der Waals surface area contributed by atoms with Gasteiger partial charge in [0.25, 0.3) is 0 Å². The first-order chi connectivity index (χ1) is 10.5. The summed E-state index contributed by atoms with van der Waals surface area (Å²) in [7, 11) is 0. The van der Waals surface area contributed by atoms with Crippen LogP contribution < -0.4 is 10.6 Å². The number of amides is 2. The van der Waals surface area contributed by atoms with Gasteiger partial charge in [0, 0.05) is 12.4 Å². The average molecular weight is 304 g/mol. The molecule has 7 nitrogen and oxygen atoms in total. The maximum absolute atomic E-state index is 11.9. The average Bonchev–Trinajstić information content (AvgIpc) is 2.50. The smallest absolute Gasteiger partial charge is 0.408 e. The Labute approximate surface area is 129 Å². The largest absolute Gasteiger partial charge is 0.445 e. The number of nitrogens with zero attached hydrogens (tertiary/aromatic N) is 2. The van der Waals surface area contributed by atoms with Gasteiger partial charge in [0.1, 0.15) is 19.2 Å². The monoisotopic (exact) mass is 304 g/mol. The van der Waals surface area contributed by atoms with Crippen molar-refractivity contribution >= 4 is 12.0 Å². The van der Waals surface area contributed by atoms with Gasteiger partial charge in [-0.15, -0.1) is 0 Å². The van der Waals surface area contributed by atoms with Crippen LogP contribution in [0.2, 0.25) is 0 Å². The van der Waals surface area contributed by atoms with Crippen LogP contribution >= 0.6 is 0 Å². The maximum Gasteiger partial charge on any atom is 0.408 e. The normalized spacial score (nSPS) is 11.4. The summed E-state index contributed by atoms with van der Waals surface area (Å²) in [5, 5.41) is 13.5. The number of aromatic nitrogens is 1. The van der Waals surface area contributed by atoms with Crippen molar-refractivity contribution in [2.45, 2.75) is 32.9 Å². The topological polar surface area (TPSA) is 104 Å². The summed E-state index contributed by atoms with van der Waals surface area (Å²) in [6.07, 6.45) is 3.00. The number of nitriles is 1. The molecule has 0 fully saturated rings.